The lowest BCUT2D eigenvalue weighted by atomic mass is 9.86. The summed E-state index contributed by atoms with van der Waals surface area (Å²) in [5.41, 5.74) is 1.98. The highest BCUT2D eigenvalue weighted by Gasteiger charge is 2.21. The van der Waals surface area contributed by atoms with Crippen LogP contribution in [0.3, 0.4) is 0 Å². The van der Waals surface area contributed by atoms with Crippen molar-refractivity contribution >= 4 is 11.6 Å². The van der Waals surface area contributed by atoms with Crippen LogP contribution >= 0.6 is 0 Å². The summed E-state index contributed by atoms with van der Waals surface area (Å²) in [5, 5.41) is 24.5. The Morgan fingerprint density at radius 2 is 2.12 bits per heavy atom. The van der Waals surface area contributed by atoms with Crippen LogP contribution in [0.15, 0.2) is 24.3 Å². The standard InChI is InChI=1S/C19H27N3O2/c1-2-16(13-23)22-19(24)11-14-6-8-17(9-7-14)21-18-5-3-4-15(10-18)12-20/h6-9,15-16,18,21,23H,2-5,10-11,13H2,1H3,(H,22,24)/t15-,16-,18+/m1/s1. The van der Waals surface area contributed by atoms with E-state index in [-0.39, 0.29) is 24.5 Å². The number of nitriles is 1. The Balaban J connectivity index is 1.84. The predicted octanol–water partition coefficient (Wildman–Crippen LogP) is 2.61. The monoisotopic (exact) mass is 329 g/mol. The molecule has 0 aromatic heterocycles. The van der Waals surface area contributed by atoms with Crippen LogP contribution in [-0.2, 0) is 11.2 Å². The highest BCUT2D eigenvalue weighted by Crippen LogP contribution is 2.26. The average Bonchev–Trinajstić information content (AvgIpc) is 2.61. The largest absolute Gasteiger partial charge is 0.394 e. The molecule has 24 heavy (non-hydrogen) atoms. The van der Waals surface area contributed by atoms with Crippen LogP contribution in [0.4, 0.5) is 5.69 Å². The minimum Gasteiger partial charge on any atom is -0.394 e. The Morgan fingerprint density at radius 3 is 2.75 bits per heavy atom. The second kappa shape index (κ2) is 9.29. The zero-order valence-corrected chi connectivity index (χ0v) is 14.3. The summed E-state index contributed by atoms with van der Waals surface area (Å²) < 4.78 is 0. The predicted molar refractivity (Wildman–Crippen MR) is 94.4 cm³/mol. The number of aliphatic hydroxyl groups excluding tert-OH is 1. The summed E-state index contributed by atoms with van der Waals surface area (Å²) in [4.78, 5) is 11.9. The molecule has 130 valence electrons. The fraction of sp³-hybridized carbons (Fsp3) is 0.579. The Labute approximate surface area is 144 Å². The van der Waals surface area contributed by atoms with Crippen molar-refractivity contribution < 1.29 is 9.90 Å². The molecule has 1 aliphatic carbocycles. The van der Waals surface area contributed by atoms with Gasteiger partial charge in [0, 0.05) is 17.6 Å². The van der Waals surface area contributed by atoms with Gasteiger partial charge in [0.2, 0.25) is 5.91 Å². The SMILES string of the molecule is CC[C@H](CO)NC(=O)Cc1ccc(N[C@H]2CCC[C@@H](C#N)C2)cc1. The van der Waals surface area contributed by atoms with E-state index < -0.39 is 0 Å². The van der Waals surface area contributed by atoms with E-state index in [9.17, 15) is 4.79 Å². The Morgan fingerprint density at radius 1 is 1.38 bits per heavy atom. The number of benzene rings is 1. The molecular formula is C19H27N3O2. The molecule has 1 amide bonds. The van der Waals surface area contributed by atoms with E-state index in [0.717, 1.165) is 43.4 Å². The van der Waals surface area contributed by atoms with E-state index in [1.165, 1.54) is 0 Å². The molecule has 0 spiro atoms. The third kappa shape index (κ3) is 5.54. The van der Waals surface area contributed by atoms with Crippen LogP contribution in [0.1, 0.15) is 44.6 Å². The molecule has 0 unspecified atom stereocenters. The van der Waals surface area contributed by atoms with Crippen LogP contribution in [0.25, 0.3) is 0 Å². The van der Waals surface area contributed by atoms with Crippen molar-refractivity contribution in [2.75, 3.05) is 11.9 Å². The topological polar surface area (TPSA) is 85.2 Å². The summed E-state index contributed by atoms with van der Waals surface area (Å²) in [5.74, 6) is 0.0954. The van der Waals surface area contributed by atoms with Gasteiger partial charge in [0.15, 0.2) is 0 Å². The minimum absolute atomic E-state index is 0.0316. The molecule has 0 heterocycles. The van der Waals surface area contributed by atoms with Gasteiger partial charge in [0.25, 0.3) is 0 Å². The maximum absolute atomic E-state index is 11.9. The number of nitrogens with one attached hydrogen (secondary N) is 2. The molecule has 0 aliphatic heterocycles. The number of anilines is 1. The van der Waals surface area contributed by atoms with Gasteiger partial charge in [0.1, 0.15) is 0 Å². The summed E-state index contributed by atoms with van der Waals surface area (Å²) in [6.45, 7) is 1.90. The van der Waals surface area contributed by atoms with Crippen molar-refractivity contribution in [3.8, 4) is 6.07 Å². The second-order valence-electron chi connectivity index (χ2n) is 6.56. The molecule has 0 radical (unpaired) electrons. The van der Waals surface area contributed by atoms with E-state index in [0.29, 0.717) is 12.5 Å². The molecular weight excluding hydrogens is 302 g/mol. The molecule has 3 atom stereocenters. The van der Waals surface area contributed by atoms with Crippen LogP contribution in [-0.4, -0.2) is 29.7 Å². The normalized spacial score (nSPS) is 21.5. The number of nitrogens with zero attached hydrogens (tertiary/aromatic N) is 1. The number of rotatable bonds is 7. The fourth-order valence-electron chi connectivity index (χ4n) is 3.13. The van der Waals surface area contributed by atoms with Crippen molar-refractivity contribution in [2.24, 2.45) is 5.92 Å². The Hall–Kier alpha value is -2.06. The van der Waals surface area contributed by atoms with Gasteiger partial charge >= 0.3 is 0 Å². The average molecular weight is 329 g/mol. The molecule has 1 saturated carbocycles. The summed E-state index contributed by atoms with van der Waals surface area (Å²) >= 11 is 0. The summed E-state index contributed by atoms with van der Waals surface area (Å²) in [7, 11) is 0. The molecule has 2 rings (SSSR count). The molecule has 0 bridgehead atoms. The van der Waals surface area contributed by atoms with Crippen molar-refractivity contribution in [2.45, 2.75) is 57.5 Å². The number of hydrogen-bond donors (Lipinski definition) is 3. The third-order valence-corrected chi connectivity index (χ3v) is 4.62. The molecule has 5 nitrogen and oxygen atoms in total. The molecule has 1 fully saturated rings. The number of hydrogen-bond acceptors (Lipinski definition) is 4. The van der Waals surface area contributed by atoms with E-state index in [1.54, 1.807) is 0 Å². The van der Waals surface area contributed by atoms with Gasteiger partial charge in [-0.1, -0.05) is 25.5 Å². The van der Waals surface area contributed by atoms with E-state index >= 15 is 0 Å². The number of carbonyl (C=O) groups excluding carboxylic acids is 1. The van der Waals surface area contributed by atoms with Gasteiger partial charge < -0.3 is 15.7 Å². The van der Waals surface area contributed by atoms with Crippen molar-refractivity contribution in [1.29, 1.82) is 5.26 Å². The van der Waals surface area contributed by atoms with E-state index in [4.69, 9.17) is 10.4 Å². The second-order valence-corrected chi connectivity index (χ2v) is 6.56. The van der Waals surface area contributed by atoms with Gasteiger partial charge in [-0.25, -0.2) is 0 Å². The lowest BCUT2D eigenvalue weighted by Gasteiger charge is -2.27. The first-order valence-electron chi connectivity index (χ1n) is 8.80. The first-order valence-corrected chi connectivity index (χ1v) is 8.80. The molecule has 1 aromatic rings. The molecule has 3 N–H and O–H groups in total. The number of amides is 1. The molecule has 1 aromatic carbocycles. The number of aliphatic hydroxyl groups is 1. The Kier molecular flexibility index (Phi) is 7.07. The van der Waals surface area contributed by atoms with Gasteiger partial charge in [-0.05, 0) is 43.4 Å². The fourth-order valence-corrected chi connectivity index (χ4v) is 3.13. The van der Waals surface area contributed by atoms with Gasteiger partial charge in [-0.3, -0.25) is 4.79 Å². The minimum atomic E-state index is -0.169. The maximum atomic E-state index is 11.9. The highest BCUT2D eigenvalue weighted by atomic mass is 16.3. The van der Waals surface area contributed by atoms with Gasteiger partial charge in [-0.15, -0.1) is 0 Å². The highest BCUT2D eigenvalue weighted by molar-refractivity contribution is 5.79. The van der Waals surface area contributed by atoms with Crippen molar-refractivity contribution in [3.05, 3.63) is 29.8 Å². The molecule has 1 aliphatic rings. The van der Waals surface area contributed by atoms with Crippen LogP contribution < -0.4 is 10.6 Å². The smallest absolute Gasteiger partial charge is 0.224 e. The molecule has 5 heteroatoms. The summed E-state index contributed by atoms with van der Waals surface area (Å²) in [6.07, 6.45) is 5.14. The van der Waals surface area contributed by atoms with Gasteiger partial charge in [0.05, 0.1) is 25.1 Å². The summed E-state index contributed by atoms with van der Waals surface area (Å²) in [6, 6.07) is 10.4. The first kappa shape index (κ1) is 18.3. The number of carbonyl (C=O) groups is 1. The quantitative estimate of drug-likeness (QED) is 0.718. The zero-order valence-electron chi connectivity index (χ0n) is 14.3. The third-order valence-electron chi connectivity index (χ3n) is 4.62. The van der Waals surface area contributed by atoms with Crippen LogP contribution in [0.2, 0.25) is 0 Å². The van der Waals surface area contributed by atoms with Gasteiger partial charge in [-0.2, -0.15) is 5.26 Å². The van der Waals surface area contributed by atoms with E-state index in [2.05, 4.69) is 16.7 Å². The Bertz CT molecular complexity index is 561. The first-order chi connectivity index (χ1) is 11.6. The maximum Gasteiger partial charge on any atom is 0.224 e. The van der Waals surface area contributed by atoms with Crippen LogP contribution in [0, 0.1) is 17.2 Å². The van der Waals surface area contributed by atoms with E-state index in [1.807, 2.05) is 31.2 Å². The lowest BCUT2D eigenvalue weighted by Crippen LogP contribution is -2.37. The van der Waals surface area contributed by atoms with Crippen molar-refractivity contribution in [1.82, 2.24) is 5.32 Å². The zero-order chi connectivity index (χ0) is 17.4. The molecule has 0 saturated heterocycles. The van der Waals surface area contributed by atoms with Crippen molar-refractivity contribution in [3.63, 3.8) is 0 Å². The van der Waals surface area contributed by atoms with Crippen LogP contribution in [0.5, 0.6) is 0 Å². The lowest BCUT2D eigenvalue weighted by molar-refractivity contribution is -0.121.